The first-order chi connectivity index (χ1) is 6.79. The van der Waals surface area contributed by atoms with Crippen molar-refractivity contribution in [3.8, 4) is 0 Å². The van der Waals surface area contributed by atoms with Gasteiger partial charge >= 0.3 is 0 Å². The van der Waals surface area contributed by atoms with Gasteiger partial charge in [-0.3, -0.25) is 4.79 Å². The molecule has 2 heteroatoms. The van der Waals surface area contributed by atoms with Crippen LogP contribution in [0.5, 0.6) is 0 Å². The summed E-state index contributed by atoms with van der Waals surface area (Å²) in [7, 11) is 0. The number of nitrogens with two attached hydrogens (primary N) is 1. The molecule has 1 aromatic rings. The van der Waals surface area contributed by atoms with Gasteiger partial charge in [0.05, 0.1) is 0 Å². The lowest BCUT2D eigenvalue weighted by molar-refractivity contribution is 0.0917. The standard InChI is InChI=1S/C12H17NO/c1-2-6-11(9-13)12(14)10-7-4-3-5-8-10/h3-5,7-8,11H,2,6,9,13H2,1H3. The third-order valence-electron chi connectivity index (χ3n) is 2.35. The summed E-state index contributed by atoms with van der Waals surface area (Å²) >= 11 is 0. The second-order valence-corrected chi connectivity index (χ2v) is 3.45. The first kappa shape index (κ1) is 10.9. The second-order valence-electron chi connectivity index (χ2n) is 3.45. The van der Waals surface area contributed by atoms with Crippen molar-refractivity contribution in [2.24, 2.45) is 11.7 Å². The van der Waals surface area contributed by atoms with E-state index in [1.54, 1.807) is 0 Å². The van der Waals surface area contributed by atoms with Crippen LogP contribution in [0.3, 0.4) is 0 Å². The molecule has 1 unspecified atom stereocenters. The Kier molecular flexibility index (Phi) is 4.33. The fourth-order valence-electron chi connectivity index (χ4n) is 1.54. The summed E-state index contributed by atoms with van der Waals surface area (Å²) < 4.78 is 0. The van der Waals surface area contributed by atoms with E-state index >= 15 is 0 Å². The van der Waals surface area contributed by atoms with E-state index in [1.807, 2.05) is 30.3 Å². The molecule has 1 aromatic carbocycles. The minimum atomic E-state index is -0.0117. The zero-order valence-corrected chi connectivity index (χ0v) is 8.57. The summed E-state index contributed by atoms with van der Waals surface area (Å²) in [5.41, 5.74) is 6.35. The average molecular weight is 191 g/mol. The van der Waals surface area contributed by atoms with Crippen LogP contribution < -0.4 is 5.73 Å². The van der Waals surface area contributed by atoms with E-state index in [1.165, 1.54) is 0 Å². The molecule has 2 nitrogen and oxygen atoms in total. The molecule has 0 aromatic heterocycles. The summed E-state index contributed by atoms with van der Waals surface area (Å²) in [5, 5.41) is 0. The van der Waals surface area contributed by atoms with Crippen molar-refractivity contribution < 1.29 is 4.79 Å². The quantitative estimate of drug-likeness (QED) is 0.725. The Balaban J connectivity index is 2.73. The zero-order chi connectivity index (χ0) is 10.4. The molecular weight excluding hydrogens is 174 g/mol. The van der Waals surface area contributed by atoms with Gasteiger partial charge in [-0.2, -0.15) is 0 Å². The number of Topliss-reactive ketones (excluding diaryl/α,β-unsaturated/α-hetero) is 1. The molecular formula is C12H17NO. The van der Waals surface area contributed by atoms with Crippen molar-refractivity contribution in [2.75, 3.05) is 6.54 Å². The van der Waals surface area contributed by atoms with Crippen LogP contribution in [-0.4, -0.2) is 12.3 Å². The fraction of sp³-hybridized carbons (Fsp3) is 0.417. The molecule has 0 aliphatic heterocycles. The van der Waals surface area contributed by atoms with Crippen LogP contribution >= 0.6 is 0 Å². The largest absolute Gasteiger partial charge is 0.330 e. The molecule has 0 saturated carbocycles. The summed E-state index contributed by atoms with van der Waals surface area (Å²) in [6.45, 7) is 2.52. The minimum Gasteiger partial charge on any atom is -0.330 e. The molecule has 2 N–H and O–H groups in total. The van der Waals surface area contributed by atoms with E-state index in [2.05, 4.69) is 6.92 Å². The van der Waals surface area contributed by atoms with Crippen LogP contribution in [-0.2, 0) is 0 Å². The molecule has 14 heavy (non-hydrogen) atoms. The van der Waals surface area contributed by atoms with Gasteiger partial charge in [-0.25, -0.2) is 0 Å². The van der Waals surface area contributed by atoms with Crippen molar-refractivity contribution in [1.29, 1.82) is 0 Å². The number of carbonyl (C=O) groups is 1. The Morgan fingerprint density at radius 1 is 1.36 bits per heavy atom. The van der Waals surface area contributed by atoms with Crippen LogP contribution in [0.4, 0.5) is 0 Å². The van der Waals surface area contributed by atoms with Crippen molar-refractivity contribution in [3.63, 3.8) is 0 Å². The Morgan fingerprint density at radius 3 is 2.50 bits per heavy atom. The van der Waals surface area contributed by atoms with Crippen LogP contribution in [0, 0.1) is 5.92 Å². The smallest absolute Gasteiger partial charge is 0.167 e. The number of hydrogen-bond acceptors (Lipinski definition) is 2. The third kappa shape index (κ3) is 2.67. The van der Waals surface area contributed by atoms with Gasteiger partial charge < -0.3 is 5.73 Å². The normalized spacial score (nSPS) is 12.4. The van der Waals surface area contributed by atoms with E-state index in [4.69, 9.17) is 5.73 Å². The molecule has 0 fully saturated rings. The second kappa shape index (κ2) is 5.55. The molecule has 0 radical (unpaired) electrons. The first-order valence-electron chi connectivity index (χ1n) is 5.09. The fourth-order valence-corrected chi connectivity index (χ4v) is 1.54. The predicted octanol–water partition coefficient (Wildman–Crippen LogP) is 2.24. The Morgan fingerprint density at radius 2 is 2.00 bits per heavy atom. The summed E-state index contributed by atoms with van der Waals surface area (Å²) in [6.07, 6.45) is 1.88. The van der Waals surface area contributed by atoms with Gasteiger partial charge in [-0.05, 0) is 6.42 Å². The third-order valence-corrected chi connectivity index (χ3v) is 2.35. The molecule has 0 aliphatic rings. The van der Waals surface area contributed by atoms with Crippen molar-refractivity contribution in [3.05, 3.63) is 35.9 Å². The molecule has 0 heterocycles. The highest BCUT2D eigenvalue weighted by atomic mass is 16.1. The van der Waals surface area contributed by atoms with E-state index in [9.17, 15) is 4.79 Å². The van der Waals surface area contributed by atoms with Gasteiger partial charge in [0.2, 0.25) is 0 Å². The maximum Gasteiger partial charge on any atom is 0.167 e. The highest BCUT2D eigenvalue weighted by molar-refractivity contribution is 5.97. The monoisotopic (exact) mass is 191 g/mol. The van der Waals surface area contributed by atoms with Gasteiger partial charge in [0.25, 0.3) is 0 Å². The van der Waals surface area contributed by atoms with E-state index in [0.717, 1.165) is 18.4 Å². The van der Waals surface area contributed by atoms with Gasteiger partial charge in [0, 0.05) is 18.0 Å². The average Bonchev–Trinajstić information content (AvgIpc) is 2.26. The lowest BCUT2D eigenvalue weighted by Gasteiger charge is -2.11. The molecule has 1 rings (SSSR count). The number of rotatable bonds is 5. The summed E-state index contributed by atoms with van der Waals surface area (Å²) in [6, 6.07) is 9.37. The molecule has 0 bridgehead atoms. The Bertz CT molecular complexity index is 282. The van der Waals surface area contributed by atoms with Crippen LogP contribution in [0.15, 0.2) is 30.3 Å². The van der Waals surface area contributed by atoms with Crippen molar-refractivity contribution in [1.82, 2.24) is 0 Å². The van der Waals surface area contributed by atoms with Crippen LogP contribution in [0.25, 0.3) is 0 Å². The van der Waals surface area contributed by atoms with Crippen LogP contribution in [0.2, 0.25) is 0 Å². The molecule has 0 aliphatic carbocycles. The maximum atomic E-state index is 11.9. The number of ketones is 1. The van der Waals surface area contributed by atoms with Crippen LogP contribution in [0.1, 0.15) is 30.1 Å². The van der Waals surface area contributed by atoms with Gasteiger partial charge in [-0.15, -0.1) is 0 Å². The SMILES string of the molecule is CCCC(CN)C(=O)c1ccccc1. The maximum absolute atomic E-state index is 11.9. The van der Waals surface area contributed by atoms with Gasteiger partial charge in [0.15, 0.2) is 5.78 Å². The van der Waals surface area contributed by atoms with E-state index in [-0.39, 0.29) is 11.7 Å². The number of benzene rings is 1. The zero-order valence-electron chi connectivity index (χ0n) is 8.57. The van der Waals surface area contributed by atoms with E-state index in [0.29, 0.717) is 6.54 Å². The highest BCUT2D eigenvalue weighted by Gasteiger charge is 2.16. The highest BCUT2D eigenvalue weighted by Crippen LogP contribution is 2.12. The molecule has 0 spiro atoms. The molecule has 76 valence electrons. The Labute approximate surface area is 85.1 Å². The molecule has 1 atom stereocenters. The predicted molar refractivity (Wildman–Crippen MR) is 58.2 cm³/mol. The number of hydrogen-bond donors (Lipinski definition) is 1. The summed E-state index contributed by atoms with van der Waals surface area (Å²) in [4.78, 5) is 11.9. The van der Waals surface area contributed by atoms with E-state index < -0.39 is 0 Å². The minimum absolute atomic E-state index is 0.0117. The molecule has 0 amide bonds. The Hall–Kier alpha value is -1.15. The number of carbonyl (C=O) groups excluding carboxylic acids is 1. The lowest BCUT2D eigenvalue weighted by Crippen LogP contribution is -2.23. The van der Waals surface area contributed by atoms with Gasteiger partial charge in [0.1, 0.15) is 0 Å². The summed E-state index contributed by atoms with van der Waals surface area (Å²) in [5.74, 6) is 0.164. The topological polar surface area (TPSA) is 43.1 Å². The van der Waals surface area contributed by atoms with Gasteiger partial charge in [-0.1, -0.05) is 43.7 Å². The van der Waals surface area contributed by atoms with Crippen molar-refractivity contribution >= 4 is 5.78 Å². The lowest BCUT2D eigenvalue weighted by atomic mass is 9.94. The first-order valence-corrected chi connectivity index (χ1v) is 5.09. The van der Waals surface area contributed by atoms with Crippen molar-refractivity contribution in [2.45, 2.75) is 19.8 Å². The molecule has 0 saturated heterocycles.